The van der Waals surface area contributed by atoms with Crippen LogP contribution in [0.3, 0.4) is 0 Å². The lowest BCUT2D eigenvalue weighted by atomic mass is 10.2. The highest BCUT2D eigenvalue weighted by Gasteiger charge is 2.21. The van der Waals surface area contributed by atoms with Crippen molar-refractivity contribution in [2.24, 2.45) is 0 Å². The molecule has 1 saturated heterocycles. The minimum absolute atomic E-state index is 0.0545. The van der Waals surface area contributed by atoms with E-state index >= 15 is 0 Å². The summed E-state index contributed by atoms with van der Waals surface area (Å²) in [5.41, 5.74) is 0.721. The van der Waals surface area contributed by atoms with Gasteiger partial charge in [-0.3, -0.25) is 13.8 Å². The van der Waals surface area contributed by atoms with Crippen molar-refractivity contribution in [2.45, 2.75) is 31.4 Å². The first-order chi connectivity index (χ1) is 10.8. The van der Waals surface area contributed by atoms with Crippen molar-refractivity contribution < 1.29 is 4.74 Å². The summed E-state index contributed by atoms with van der Waals surface area (Å²) in [6.07, 6.45) is 2.05. The van der Waals surface area contributed by atoms with Crippen LogP contribution >= 0.6 is 11.6 Å². The Bertz CT molecular complexity index is 896. The average Bonchev–Trinajstić information content (AvgIpc) is 3.20. The summed E-state index contributed by atoms with van der Waals surface area (Å²) in [4.78, 5) is 12.8. The molecule has 0 saturated carbocycles. The number of fused-ring (bicyclic) bond motifs is 3. The second-order valence-corrected chi connectivity index (χ2v) is 5.72. The second kappa shape index (κ2) is 5.37. The summed E-state index contributed by atoms with van der Waals surface area (Å²) < 4.78 is 9.18. The maximum absolute atomic E-state index is 12.8. The van der Waals surface area contributed by atoms with E-state index in [1.54, 1.807) is 4.57 Å². The van der Waals surface area contributed by atoms with E-state index in [1.807, 2.05) is 28.7 Å². The third kappa shape index (κ3) is 2.02. The van der Waals surface area contributed by atoms with Crippen LogP contribution in [0.5, 0.6) is 0 Å². The third-order valence-electron chi connectivity index (χ3n) is 4.10. The van der Waals surface area contributed by atoms with Crippen LogP contribution in [0.15, 0.2) is 29.1 Å². The zero-order chi connectivity index (χ0) is 15.1. The summed E-state index contributed by atoms with van der Waals surface area (Å²) in [6, 6.07) is 7.46. The predicted molar refractivity (Wildman–Crippen MR) is 83.3 cm³/mol. The van der Waals surface area contributed by atoms with E-state index in [4.69, 9.17) is 16.3 Å². The van der Waals surface area contributed by atoms with Crippen LogP contribution in [0.1, 0.15) is 18.7 Å². The van der Waals surface area contributed by atoms with E-state index in [0.29, 0.717) is 23.5 Å². The molecule has 4 rings (SSSR count). The lowest BCUT2D eigenvalue weighted by Crippen LogP contribution is -2.28. The molecular formula is C15H15ClN4O2. The normalized spacial score (nSPS) is 18.5. The number of alkyl halides is 1. The first kappa shape index (κ1) is 13.7. The largest absolute Gasteiger partial charge is 0.376 e. The molecule has 2 aromatic heterocycles. The van der Waals surface area contributed by atoms with Crippen LogP contribution in [0.4, 0.5) is 0 Å². The molecule has 6 nitrogen and oxygen atoms in total. The fourth-order valence-electron chi connectivity index (χ4n) is 3.06. The van der Waals surface area contributed by atoms with Crippen LogP contribution < -0.4 is 5.56 Å². The van der Waals surface area contributed by atoms with E-state index in [1.165, 1.54) is 0 Å². The molecule has 0 bridgehead atoms. The molecule has 22 heavy (non-hydrogen) atoms. The summed E-state index contributed by atoms with van der Waals surface area (Å²) in [5, 5.41) is 8.94. The minimum Gasteiger partial charge on any atom is -0.376 e. The molecule has 114 valence electrons. The molecule has 0 radical (unpaired) electrons. The number of ether oxygens (including phenoxy) is 1. The maximum atomic E-state index is 12.8. The number of halogens is 1. The van der Waals surface area contributed by atoms with Gasteiger partial charge in [0.15, 0.2) is 5.82 Å². The summed E-state index contributed by atoms with van der Waals surface area (Å²) >= 11 is 5.97. The number of nitrogens with zero attached hydrogens (tertiary/aromatic N) is 4. The van der Waals surface area contributed by atoms with Gasteiger partial charge in [-0.15, -0.1) is 21.8 Å². The SMILES string of the molecule is O=c1c2ccccc2n2c(CCl)nnc2n1C[C@@H]1CCCO1. The lowest BCUT2D eigenvalue weighted by Gasteiger charge is -2.14. The molecule has 0 aliphatic carbocycles. The zero-order valence-electron chi connectivity index (χ0n) is 11.9. The molecule has 0 unspecified atom stereocenters. The van der Waals surface area contributed by atoms with Crippen LogP contribution in [0, 0.1) is 0 Å². The molecule has 1 fully saturated rings. The molecule has 3 heterocycles. The fourth-order valence-corrected chi connectivity index (χ4v) is 3.23. The fraction of sp³-hybridized carbons (Fsp3) is 0.400. The molecule has 0 spiro atoms. The Morgan fingerprint density at radius 2 is 2.18 bits per heavy atom. The van der Waals surface area contributed by atoms with Crippen molar-refractivity contribution in [2.75, 3.05) is 6.61 Å². The van der Waals surface area contributed by atoms with E-state index in [9.17, 15) is 4.79 Å². The van der Waals surface area contributed by atoms with Gasteiger partial charge in [-0.2, -0.15) is 0 Å². The van der Waals surface area contributed by atoms with Crippen molar-refractivity contribution in [3.05, 3.63) is 40.4 Å². The van der Waals surface area contributed by atoms with E-state index < -0.39 is 0 Å². The van der Waals surface area contributed by atoms with Gasteiger partial charge < -0.3 is 4.74 Å². The predicted octanol–water partition coefficient (Wildman–Crippen LogP) is 1.96. The Morgan fingerprint density at radius 1 is 1.32 bits per heavy atom. The number of hydrogen-bond donors (Lipinski definition) is 0. The van der Waals surface area contributed by atoms with E-state index in [0.717, 1.165) is 25.0 Å². The molecule has 0 N–H and O–H groups in total. The summed E-state index contributed by atoms with van der Waals surface area (Å²) in [6.45, 7) is 1.25. The highest BCUT2D eigenvalue weighted by atomic mass is 35.5. The van der Waals surface area contributed by atoms with Crippen LogP contribution in [0.2, 0.25) is 0 Å². The smallest absolute Gasteiger partial charge is 0.262 e. The number of benzene rings is 1. The molecule has 1 atom stereocenters. The summed E-state index contributed by atoms with van der Waals surface area (Å²) in [5.74, 6) is 1.40. The first-order valence-corrected chi connectivity index (χ1v) is 7.86. The van der Waals surface area contributed by atoms with Gasteiger partial charge in [0.2, 0.25) is 5.78 Å². The van der Waals surface area contributed by atoms with Crippen LogP contribution in [0.25, 0.3) is 16.7 Å². The van der Waals surface area contributed by atoms with Crippen LogP contribution in [-0.2, 0) is 17.2 Å². The Kier molecular flexibility index (Phi) is 3.35. The highest BCUT2D eigenvalue weighted by Crippen LogP contribution is 2.18. The van der Waals surface area contributed by atoms with Crippen molar-refractivity contribution in [3.63, 3.8) is 0 Å². The van der Waals surface area contributed by atoms with Gasteiger partial charge in [0.1, 0.15) is 0 Å². The van der Waals surface area contributed by atoms with Gasteiger partial charge >= 0.3 is 0 Å². The topological polar surface area (TPSA) is 61.4 Å². The molecule has 7 heteroatoms. The van der Waals surface area contributed by atoms with E-state index in [-0.39, 0.29) is 17.5 Å². The van der Waals surface area contributed by atoms with Crippen LogP contribution in [-0.4, -0.2) is 31.9 Å². The lowest BCUT2D eigenvalue weighted by molar-refractivity contribution is 0.0969. The molecule has 1 aliphatic heterocycles. The van der Waals surface area contributed by atoms with E-state index in [2.05, 4.69) is 10.2 Å². The van der Waals surface area contributed by atoms with Gasteiger partial charge in [0, 0.05) is 6.61 Å². The van der Waals surface area contributed by atoms with Crippen molar-refractivity contribution >= 4 is 28.3 Å². The number of hydrogen-bond acceptors (Lipinski definition) is 4. The van der Waals surface area contributed by atoms with Crippen molar-refractivity contribution in [3.8, 4) is 0 Å². The number of aromatic nitrogens is 4. The molecule has 3 aromatic rings. The Labute approximate surface area is 131 Å². The average molecular weight is 319 g/mol. The van der Waals surface area contributed by atoms with Gasteiger partial charge in [-0.05, 0) is 25.0 Å². The van der Waals surface area contributed by atoms with Gasteiger partial charge in [0.25, 0.3) is 5.56 Å². The van der Waals surface area contributed by atoms with Gasteiger partial charge in [-0.25, -0.2) is 0 Å². The Hall–Kier alpha value is -1.92. The zero-order valence-corrected chi connectivity index (χ0v) is 12.7. The van der Waals surface area contributed by atoms with Gasteiger partial charge in [0.05, 0.1) is 29.4 Å². The molecule has 1 aliphatic rings. The molecular weight excluding hydrogens is 304 g/mol. The van der Waals surface area contributed by atoms with Crippen molar-refractivity contribution in [1.29, 1.82) is 0 Å². The van der Waals surface area contributed by atoms with Gasteiger partial charge in [-0.1, -0.05) is 12.1 Å². The highest BCUT2D eigenvalue weighted by molar-refractivity contribution is 6.16. The quantitative estimate of drug-likeness (QED) is 0.693. The summed E-state index contributed by atoms with van der Waals surface area (Å²) in [7, 11) is 0. The van der Waals surface area contributed by atoms with Crippen molar-refractivity contribution in [1.82, 2.24) is 19.2 Å². The Balaban J connectivity index is 2.02. The minimum atomic E-state index is -0.0628. The first-order valence-electron chi connectivity index (χ1n) is 7.32. The second-order valence-electron chi connectivity index (χ2n) is 5.45. The molecule has 0 amide bonds. The third-order valence-corrected chi connectivity index (χ3v) is 4.34. The number of rotatable bonds is 3. The monoisotopic (exact) mass is 318 g/mol. The number of para-hydroxylation sites is 1. The maximum Gasteiger partial charge on any atom is 0.262 e. The standard InChI is InChI=1S/C15H15ClN4O2/c16-8-13-17-18-15-19(9-10-4-3-7-22-10)14(21)11-5-1-2-6-12(11)20(13)15/h1-2,5-6,10H,3-4,7-9H2/t10-/m0/s1. The molecule has 1 aromatic carbocycles. The Morgan fingerprint density at radius 3 is 2.95 bits per heavy atom.